The van der Waals surface area contributed by atoms with Crippen molar-refractivity contribution >= 4 is 56.4 Å². The van der Waals surface area contributed by atoms with Crippen molar-refractivity contribution < 1.29 is 18.0 Å². The highest BCUT2D eigenvalue weighted by Crippen LogP contribution is 2.32. The highest BCUT2D eigenvalue weighted by Gasteiger charge is 2.40. The molecule has 144 valence electrons. The summed E-state index contributed by atoms with van der Waals surface area (Å²) in [5.74, 6) is -1.20. The Balaban J connectivity index is 1.69. The van der Waals surface area contributed by atoms with Crippen LogP contribution in [-0.4, -0.2) is 37.1 Å². The maximum Gasteiger partial charge on any atom is 0.271 e. The van der Waals surface area contributed by atoms with Crippen molar-refractivity contribution in [3.8, 4) is 0 Å². The molecular weight excluding hydrogens is 433 g/mol. The van der Waals surface area contributed by atoms with Crippen LogP contribution in [0.1, 0.15) is 23.2 Å². The average molecular weight is 448 g/mol. The molecule has 0 bridgehead atoms. The van der Waals surface area contributed by atoms with Gasteiger partial charge in [-0.25, -0.2) is 8.42 Å². The molecule has 1 aliphatic heterocycles. The summed E-state index contributed by atoms with van der Waals surface area (Å²) in [5.41, 5.74) is 4.75. The molecule has 11 heteroatoms. The van der Waals surface area contributed by atoms with Gasteiger partial charge in [-0.3, -0.25) is 20.4 Å². The SMILES string of the molecule is O=C(NNC(=O)[C@@H]1CCCN1S(=O)(=O)c1ccc(Cl)s1)c1ccccc1Cl. The number of nitrogens with one attached hydrogen (secondary N) is 2. The second kappa shape index (κ2) is 8.15. The fourth-order valence-corrected chi connectivity index (χ4v) is 6.25. The third-order valence-corrected chi connectivity index (χ3v) is 7.97. The Morgan fingerprint density at radius 3 is 2.52 bits per heavy atom. The summed E-state index contributed by atoms with van der Waals surface area (Å²) >= 11 is 12.7. The van der Waals surface area contributed by atoms with Crippen LogP contribution in [0.4, 0.5) is 0 Å². The summed E-state index contributed by atoms with van der Waals surface area (Å²) in [6.07, 6.45) is 0.890. The van der Waals surface area contributed by atoms with Gasteiger partial charge >= 0.3 is 0 Å². The third kappa shape index (κ3) is 4.27. The molecule has 2 amide bonds. The Bertz CT molecular complexity index is 978. The number of hydrogen-bond acceptors (Lipinski definition) is 5. The fourth-order valence-electron chi connectivity index (χ4n) is 2.76. The van der Waals surface area contributed by atoms with Crippen molar-refractivity contribution in [2.75, 3.05) is 6.54 Å². The second-order valence-electron chi connectivity index (χ2n) is 5.76. The zero-order chi connectivity index (χ0) is 19.6. The first kappa shape index (κ1) is 20.1. The molecule has 1 fully saturated rings. The molecule has 0 radical (unpaired) electrons. The lowest BCUT2D eigenvalue weighted by molar-refractivity contribution is -0.125. The van der Waals surface area contributed by atoms with Gasteiger partial charge in [0.15, 0.2) is 0 Å². The minimum Gasteiger partial charge on any atom is -0.271 e. The maximum absolute atomic E-state index is 12.8. The molecule has 0 aliphatic carbocycles. The standard InChI is InChI=1S/C16H15Cl2N3O4S2/c17-11-5-2-1-4-10(11)15(22)19-20-16(23)12-6-3-9-21(12)27(24,25)14-8-7-13(18)26-14/h1-2,4-5,7-8,12H,3,6,9H2,(H,19,22)(H,20,23)/t12-/m0/s1. The first-order valence-corrected chi connectivity index (χ1v) is 10.9. The Labute approximate surface area is 170 Å². The molecule has 1 atom stereocenters. The van der Waals surface area contributed by atoms with Crippen LogP contribution in [0, 0.1) is 0 Å². The number of hydrazine groups is 1. The smallest absolute Gasteiger partial charge is 0.271 e. The lowest BCUT2D eigenvalue weighted by atomic mass is 10.2. The molecule has 1 aromatic heterocycles. The van der Waals surface area contributed by atoms with Crippen LogP contribution in [0.15, 0.2) is 40.6 Å². The van der Waals surface area contributed by atoms with E-state index in [2.05, 4.69) is 10.9 Å². The van der Waals surface area contributed by atoms with Crippen LogP contribution in [0.2, 0.25) is 9.36 Å². The number of thiophene rings is 1. The molecule has 1 saturated heterocycles. The van der Waals surface area contributed by atoms with Gasteiger partial charge in [0.2, 0.25) is 0 Å². The van der Waals surface area contributed by atoms with Gasteiger partial charge in [0, 0.05) is 6.54 Å². The quantitative estimate of drug-likeness (QED) is 0.704. The molecule has 0 saturated carbocycles. The molecule has 0 unspecified atom stereocenters. The summed E-state index contributed by atoms with van der Waals surface area (Å²) in [6, 6.07) is 8.37. The van der Waals surface area contributed by atoms with Crippen LogP contribution in [0.5, 0.6) is 0 Å². The molecule has 7 nitrogen and oxygen atoms in total. The number of hydrogen-bond donors (Lipinski definition) is 2. The van der Waals surface area contributed by atoms with Gasteiger partial charge < -0.3 is 0 Å². The van der Waals surface area contributed by atoms with Crippen molar-refractivity contribution in [3.05, 3.63) is 51.3 Å². The van der Waals surface area contributed by atoms with Crippen LogP contribution in [0.3, 0.4) is 0 Å². The Kier molecular flexibility index (Phi) is 6.07. The van der Waals surface area contributed by atoms with Crippen LogP contribution in [-0.2, 0) is 14.8 Å². The number of amides is 2. The number of benzene rings is 1. The number of rotatable bonds is 4. The summed E-state index contributed by atoms with van der Waals surface area (Å²) in [7, 11) is -3.84. The molecule has 1 aliphatic rings. The third-order valence-electron chi connectivity index (χ3n) is 4.04. The molecule has 2 aromatic rings. The van der Waals surface area contributed by atoms with Crippen LogP contribution >= 0.6 is 34.5 Å². The normalized spacial score (nSPS) is 17.6. The Morgan fingerprint density at radius 1 is 1.11 bits per heavy atom. The zero-order valence-corrected chi connectivity index (χ0v) is 17.0. The number of carbonyl (C=O) groups is 2. The minimum atomic E-state index is -3.84. The summed E-state index contributed by atoms with van der Waals surface area (Å²) < 4.78 is 27.1. The van der Waals surface area contributed by atoms with Gasteiger partial charge in [-0.05, 0) is 37.1 Å². The van der Waals surface area contributed by atoms with E-state index >= 15 is 0 Å². The zero-order valence-electron chi connectivity index (χ0n) is 13.8. The molecule has 2 heterocycles. The number of carbonyl (C=O) groups excluding carboxylic acids is 2. The van der Waals surface area contributed by atoms with Crippen molar-refractivity contribution in [2.24, 2.45) is 0 Å². The van der Waals surface area contributed by atoms with Gasteiger partial charge in [0.05, 0.1) is 14.9 Å². The molecular formula is C16H15Cl2N3O4S2. The first-order chi connectivity index (χ1) is 12.8. The largest absolute Gasteiger partial charge is 0.271 e. The molecule has 27 heavy (non-hydrogen) atoms. The van der Waals surface area contributed by atoms with Gasteiger partial charge in [0.25, 0.3) is 21.8 Å². The van der Waals surface area contributed by atoms with Crippen LogP contribution < -0.4 is 10.9 Å². The number of halogens is 2. The summed E-state index contributed by atoms with van der Waals surface area (Å²) in [4.78, 5) is 24.6. The van der Waals surface area contributed by atoms with Gasteiger partial charge in [0.1, 0.15) is 10.3 Å². The van der Waals surface area contributed by atoms with E-state index in [9.17, 15) is 18.0 Å². The number of sulfonamides is 1. The molecule has 2 N–H and O–H groups in total. The molecule has 3 rings (SSSR count). The van der Waals surface area contributed by atoms with E-state index in [1.54, 1.807) is 18.2 Å². The summed E-state index contributed by atoms with van der Waals surface area (Å²) in [6.45, 7) is 0.217. The van der Waals surface area contributed by atoms with E-state index in [0.29, 0.717) is 17.2 Å². The van der Waals surface area contributed by atoms with Gasteiger partial charge in [-0.1, -0.05) is 35.3 Å². The number of nitrogens with zero attached hydrogens (tertiary/aromatic N) is 1. The Hall–Kier alpha value is -1.65. The predicted molar refractivity (Wildman–Crippen MR) is 103 cm³/mol. The lowest BCUT2D eigenvalue weighted by Crippen LogP contribution is -2.51. The predicted octanol–water partition coefficient (Wildman–Crippen LogP) is 2.67. The van der Waals surface area contributed by atoms with Crippen molar-refractivity contribution in [1.29, 1.82) is 0 Å². The van der Waals surface area contributed by atoms with Crippen molar-refractivity contribution in [2.45, 2.75) is 23.1 Å². The molecule has 0 spiro atoms. The minimum absolute atomic E-state index is 0.0762. The van der Waals surface area contributed by atoms with E-state index in [1.165, 1.54) is 18.2 Å². The highest BCUT2D eigenvalue weighted by molar-refractivity contribution is 7.91. The first-order valence-electron chi connectivity index (χ1n) is 7.92. The van der Waals surface area contributed by atoms with Crippen molar-refractivity contribution in [3.63, 3.8) is 0 Å². The fraction of sp³-hybridized carbons (Fsp3) is 0.250. The second-order valence-corrected chi connectivity index (χ2v) is 10.00. The van der Waals surface area contributed by atoms with E-state index < -0.39 is 27.9 Å². The van der Waals surface area contributed by atoms with E-state index in [-0.39, 0.29) is 21.3 Å². The van der Waals surface area contributed by atoms with Crippen molar-refractivity contribution in [1.82, 2.24) is 15.2 Å². The van der Waals surface area contributed by atoms with Crippen LogP contribution in [0.25, 0.3) is 0 Å². The monoisotopic (exact) mass is 447 g/mol. The van der Waals surface area contributed by atoms with E-state index in [1.807, 2.05) is 0 Å². The maximum atomic E-state index is 12.8. The van der Waals surface area contributed by atoms with Gasteiger partial charge in [-0.2, -0.15) is 4.31 Å². The lowest BCUT2D eigenvalue weighted by Gasteiger charge is -2.22. The topological polar surface area (TPSA) is 95.6 Å². The average Bonchev–Trinajstić information content (AvgIpc) is 3.29. The molecule has 1 aromatic carbocycles. The van der Waals surface area contributed by atoms with Gasteiger partial charge in [-0.15, -0.1) is 11.3 Å². The van der Waals surface area contributed by atoms with E-state index in [4.69, 9.17) is 23.2 Å². The Morgan fingerprint density at radius 2 is 1.85 bits per heavy atom. The van der Waals surface area contributed by atoms with E-state index in [0.717, 1.165) is 15.6 Å². The summed E-state index contributed by atoms with van der Waals surface area (Å²) in [5, 5.41) is 0.240. The highest BCUT2D eigenvalue weighted by atomic mass is 35.5.